The van der Waals surface area contributed by atoms with Gasteiger partial charge in [-0.25, -0.2) is 0 Å². The first-order valence-electron chi connectivity index (χ1n) is 9.72. The second-order valence-electron chi connectivity index (χ2n) is 7.46. The van der Waals surface area contributed by atoms with Gasteiger partial charge in [-0.15, -0.1) is 0 Å². The third-order valence-corrected chi connectivity index (χ3v) is 5.40. The molecule has 0 aromatic carbocycles. The Morgan fingerprint density at radius 1 is 0.913 bits per heavy atom. The average molecular weight is 319 g/mol. The van der Waals surface area contributed by atoms with E-state index in [1.165, 1.54) is 94.3 Å². The van der Waals surface area contributed by atoms with E-state index >= 15 is 0 Å². The number of hydrogen-bond donors (Lipinski definition) is 0. The molecule has 0 radical (unpaired) electrons. The van der Waals surface area contributed by atoms with Crippen LogP contribution in [0.4, 0.5) is 5.69 Å². The van der Waals surface area contributed by atoms with Crippen molar-refractivity contribution in [3.8, 4) is 0 Å². The molecular formula is C20H36N3+. The number of nitrogens with zero attached hydrogens (tertiary/aromatic N) is 3. The highest BCUT2D eigenvalue weighted by Gasteiger charge is 2.28. The lowest BCUT2D eigenvalue weighted by Crippen LogP contribution is -2.57. The van der Waals surface area contributed by atoms with E-state index in [9.17, 15) is 0 Å². The number of pyridine rings is 1. The highest BCUT2D eigenvalue weighted by Crippen LogP contribution is 2.19. The van der Waals surface area contributed by atoms with Crippen molar-refractivity contribution in [2.24, 2.45) is 0 Å². The van der Waals surface area contributed by atoms with Crippen LogP contribution < -0.4 is 4.90 Å². The molecule has 3 nitrogen and oxygen atoms in total. The topological polar surface area (TPSA) is 16.1 Å². The fraction of sp³-hybridized carbons (Fsp3) is 0.750. The molecule has 0 atom stereocenters. The van der Waals surface area contributed by atoms with Crippen LogP contribution >= 0.6 is 0 Å². The molecule has 2 rings (SSSR count). The summed E-state index contributed by atoms with van der Waals surface area (Å²) in [5.41, 5.74) is 1.33. The van der Waals surface area contributed by atoms with Crippen LogP contribution in [0.25, 0.3) is 0 Å². The molecular weight excluding hydrogens is 282 g/mol. The minimum Gasteiger partial charge on any atom is -0.360 e. The molecule has 3 heteroatoms. The zero-order chi connectivity index (χ0) is 16.4. The van der Waals surface area contributed by atoms with Crippen LogP contribution in [-0.4, -0.2) is 49.2 Å². The summed E-state index contributed by atoms with van der Waals surface area (Å²) in [4.78, 5) is 6.63. The Balaban J connectivity index is 1.58. The monoisotopic (exact) mass is 318 g/mol. The summed E-state index contributed by atoms with van der Waals surface area (Å²) in [5.74, 6) is 0. The third-order valence-electron chi connectivity index (χ3n) is 5.40. The van der Waals surface area contributed by atoms with Gasteiger partial charge in [0.25, 0.3) is 0 Å². The van der Waals surface area contributed by atoms with E-state index in [2.05, 4.69) is 36.0 Å². The number of aromatic nitrogens is 1. The molecule has 1 saturated heterocycles. The zero-order valence-corrected chi connectivity index (χ0v) is 15.3. The van der Waals surface area contributed by atoms with Gasteiger partial charge in [0.15, 0.2) is 0 Å². The number of hydrogen-bond acceptors (Lipinski definition) is 2. The minimum absolute atomic E-state index is 1.18. The van der Waals surface area contributed by atoms with Gasteiger partial charge in [-0.3, -0.25) is 4.98 Å². The van der Waals surface area contributed by atoms with Gasteiger partial charge in [0.1, 0.15) is 0 Å². The number of likely N-dealkylation sites (N-methyl/N-ethyl adjacent to an activating group) is 1. The molecule has 0 aliphatic carbocycles. The summed E-state index contributed by atoms with van der Waals surface area (Å²) in [7, 11) is 2.45. The fourth-order valence-corrected chi connectivity index (χ4v) is 3.61. The molecule has 130 valence electrons. The lowest BCUT2D eigenvalue weighted by atomic mass is 10.1. The molecule has 1 fully saturated rings. The quantitative estimate of drug-likeness (QED) is 0.467. The predicted molar refractivity (Wildman–Crippen MR) is 99.8 cm³/mol. The largest absolute Gasteiger partial charge is 0.360 e. The average Bonchev–Trinajstić information content (AvgIpc) is 2.59. The first-order valence-corrected chi connectivity index (χ1v) is 9.72. The third kappa shape index (κ3) is 6.50. The molecule has 1 aromatic rings. The van der Waals surface area contributed by atoms with Crippen molar-refractivity contribution in [3.63, 3.8) is 0 Å². The van der Waals surface area contributed by atoms with Gasteiger partial charge < -0.3 is 9.38 Å². The van der Waals surface area contributed by atoms with Crippen molar-refractivity contribution in [1.82, 2.24) is 4.98 Å². The maximum absolute atomic E-state index is 4.12. The Labute approximate surface area is 143 Å². The molecule has 2 heterocycles. The molecule has 0 saturated carbocycles. The SMILES string of the molecule is CCCCCCCCCC[N+]1(C)CCN(c2ccncc2)CC1. The molecule has 23 heavy (non-hydrogen) atoms. The lowest BCUT2D eigenvalue weighted by Gasteiger charge is -2.43. The van der Waals surface area contributed by atoms with E-state index < -0.39 is 0 Å². The van der Waals surface area contributed by atoms with Gasteiger partial charge in [-0.1, -0.05) is 45.4 Å². The Hall–Kier alpha value is -1.09. The van der Waals surface area contributed by atoms with Crippen molar-refractivity contribution in [2.45, 2.75) is 58.3 Å². The zero-order valence-electron chi connectivity index (χ0n) is 15.3. The normalized spacial score (nSPS) is 17.4. The number of rotatable bonds is 10. The Morgan fingerprint density at radius 3 is 2.09 bits per heavy atom. The molecule has 1 aliphatic rings. The number of anilines is 1. The van der Waals surface area contributed by atoms with E-state index in [4.69, 9.17) is 0 Å². The summed E-state index contributed by atoms with van der Waals surface area (Å²) in [6, 6.07) is 4.27. The van der Waals surface area contributed by atoms with Crippen LogP contribution in [0.5, 0.6) is 0 Å². The number of unbranched alkanes of at least 4 members (excludes halogenated alkanes) is 7. The van der Waals surface area contributed by atoms with Crippen LogP contribution in [0.3, 0.4) is 0 Å². The number of quaternary nitrogens is 1. The van der Waals surface area contributed by atoms with E-state index in [1.54, 1.807) is 0 Å². The van der Waals surface area contributed by atoms with Gasteiger partial charge >= 0.3 is 0 Å². The van der Waals surface area contributed by atoms with Crippen molar-refractivity contribution < 1.29 is 4.48 Å². The molecule has 0 unspecified atom stereocenters. The molecule has 1 aromatic heterocycles. The van der Waals surface area contributed by atoms with Gasteiger partial charge in [0.2, 0.25) is 0 Å². The van der Waals surface area contributed by atoms with Crippen molar-refractivity contribution in [2.75, 3.05) is 44.7 Å². The van der Waals surface area contributed by atoms with E-state index in [0.29, 0.717) is 0 Å². The van der Waals surface area contributed by atoms with Crippen LogP contribution in [0.15, 0.2) is 24.5 Å². The molecule has 0 spiro atoms. The van der Waals surface area contributed by atoms with Gasteiger partial charge in [0.05, 0.1) is 39.8 Å². The molecule has 0 bridgehead atoms. The van der Waals surface area contributed by atoms with Crippen LogP contribution in [0.1, 0.15) is 58.3 Å². The lowest BCUT2D eigenvalue weighted by molar-refractivity contribution is -0.910. The Kier molecular flexibility index (Phi) is 7.87. The van der Waals surface area contributed by atoms with Crippen molar-refractivity contribution in [1.29, 1.82) is 0 Å². The summed E-state index contributed by atoms with van der Waals surface area (Å²) in [5, 5.41) is 0. The van der Waals surface area contributed by atoms with E-state index in [1.807, 2.05) is 12.4 Å². The second-order valence-corrected chi connectivity index (χ2v) is 7.46. The summed E-state index contributed by atoms with van der Waals surface area (Å²) >= 11 is 0. The summed E-state index contributed by atoms with van der Waals surface area (Å²) in [6.45, 7) is 8.56. The van der Waals surface area contributed by atoms with E-state index in [0.717, 1.165) is 0 Å². The van der Waals surface area contributed by atoms with Crippen molar-refractivity contribution in [3.05, 3.63) is 24.5 Å². The highest BCUT2D eigenvalue weighted by molar-refractivity contribution is 5.44. The smallest absolute Gasteiger partial charge is 0.0963 e. The van der Waals surface area contributed by atoms with Gasteiger partial charge in [0, 0.05) is 18.1 Å². The minimum atomic E-state index is 1.18. The summed E-state index contributed by atoms with van der Waals surface area (Å²) < 4.78 is 1.26. The second kappa shape index (κ2) is 9.92. The van der Waals surface area contributed by atoms with Crippen LogP contribution in [0.2, 0.25) is 0 Å². The maximum Gasteiger partial charge on any atom is 0.0963 e. The Morgan fingerprint density at radius 2 is 1.48 bits per heavy atom. The van der Waals surface area contributed by atoms with Gasteiger partial charge in [-0.2, -0.15) is 0 Å². The maximum atomic E-state index is 4.12. The first kappa shape index (κ1) is 18.3. The van der Waals surface area contributed by atoms with Crippen molar-refractivity contribution >= 4 is 5.69 Å². The first-order chi connectivity index (χ1) is 11.2. The summed E-state index contributed by atoms with van der Waals surface area (Å²) in [6.07, 6.45) is 15.2. The van der Waals surface area contributed by atoms with Gasteiger partial charge in [-0.05, 0) is 25.0 Å². The van der Waals surface area contributed by atoms with E-state index in [-0.39, 0.29) is 0 Å². The Bertz CT molecular complexity index is 410. The highest BCUT2D eigenvalue weighted by atomic mass is 15.4. The molecule has 0 amide bonds. The van der Waals surface area contributed by atoms with Crippen LogP contribution in [0, 0.1) is 0 Å². The standard InChI is InChI=1S/C20H36N3/c1-3-4-5-6-7-8-9-10-17-23(2)18-15-22(16-19-23)20-11-13-21-14-12-20/h11-14H,3-10,15-19H2,1-2H3/q+1. The predicted octanol–water partition coefficient (Wildman–Crippen LogP) is 4.49. The molecule has 0 N–H and O–H groups in total. The fourth-order valence-electron chi connectivity index (χ4n) is 3.61. The number of piperazine rings is 1. The molecule has 1 aliphatic heterocycles. The van der Waals surface area contributed by atoms with Crippen LogP contribution in [-0.2, 0) is 0 Å².